The average Bonchev–Trinajstić information content (AvgIpc) is 2.46. The molecular formula is C12H20N4O3S2. The van der Waals surface area contributed by atoms with Crippen LogP contribution in [-0.2, 0) is 21.2 Å². The van der Waals surface area contributed by atoms with Crippen molar-refractivity contribution in [2.24, 2.45) is 0 Å². The lowest BCUT2D eigenvalue weighted by Crippen LogP contribution is -2.47. The van der Waals surface area contributed by atoms with Gasteiger partial charge in [-0.25, -0.2) is 18.4 Å². The zero-order valence-corrected chi connectivity index (χ0v) is 14.0. The average molecular weight is 332 g/mol. The second-order valence-corrected chi connectivity index (χ2v) is 8.12. The van der Waals surface area contributed by atoms with E-state index in [1.54, 1.807) is 32.0 Å². The number of hydrogen-bond donors (Lipinski definition) is 1. The fraction of sp³-hybridized carbons (Fsp3) is 0.667. The van der Waals surface area contributed by atoms with Crippen LogP contribution >= 0.6 is 11.8 Å². The highest BCUT2D eigenvalue weighted by atomic mass is 32.2. The summed E-state index contributed by atoms with van der Waals surface area (Å²) < 4.78 is 29.1. The van der Waals surface area contributed by atoms with Gasteiger partial charge in [-0.3, -0.25) is 0 Å². The SMILES string of the molecule is CNc1cc(N2CCSCC2S(C)(=O)=O)nc(COC)n1. The Morgan fingerprint density at radius 2 is 2.29 bits per heavy atom. The van der Waals surface area contributed by atoms with Gasteiger partial charge in [-0.1, -0.05) is 0 Å². The maximum atomic E-state index is 12.0. The standard InChI is InChI=1S/C12H20N4O3S2/c1-13-9-6-11(15-10(14-9)7-19-2)16-4-5-20-8-12(16)21(3,17)18/h6,12H,4-5,7-8H2,1-3H3,(H,13,14,15). The van der Waals surface area contributed by atoms with E-state index >= 15 is 0 Å². The zero-order chi connectivity index (χ0) is 15.5. The van der Waals surface area contributed by atoms with Crippen molar-refractivity contribution in [2.45, 2.75) is 12.0 Å². The largest absolute Gasteiger partial charge is 0.377 e. The minimum atomic E-state index is -3.17. The summed E-state index contributed by atoms with van der Waals surface area (Å²) >= 11 is 1.65. The Kier molecular flexibility index (Phi) is 5.28. The summed E-state index contributed by atoms with van der Waals surface area (Å²) in [6.07, 6.45) is 1.27. The number of thioether (sulfide) groups is 1. The first-order valence-corrected chi connectivity index (χ1v) is 9.64. The number of rotatable bonds is 5. The molecule has 1 aliphatic heterocycles. The highest BCUT2D eigenvalue weighted by molar-refractivity contribution is 8.01. The summed E-state index contributed by atoms with van der Waals surface area (Å²) in [7, 11) is 0.167. The van der Waals surface area contributed by atoms with Gasteiger partial charge in [0.2, 0.25) is 0 Å². The van der Waals surface area contributed by atoms with E-state index in [9.17, 15) is 8.42 Å². The third-order valence-corrected chi connectivity index (χ3v) is 5.80. The molecule has 9 heteroatoms. The molecule has 0 aliphatic carbocycles. The zero-order valence-electron chi connectivity index (χ0n) is 12.4. The summed E-state index contributed by atoms with van der Waals surface area (Å²) in [6.45, 7) is 0.934. The Bertz CT molecular complexity index is 594. The fourth-order valence-corrected chi connectivity index (χ4v) is 4.98. The number of sulfone groups is 1. The number of ether oxygens (including phenoxy) is 1. The van der Waals surface area contributed by atoms with Crippen molar-refractivity contribution in [3.8, 4) is 0 Å². The van der Waals surface area contributed by atoms with Crippen LogP contribution in [0.15, 0.2) is 6.07 Å². The van der Waals surface area contributed by atoms with Gasteiger partial charge in [-0.15, -0.1) is 0 Å². The minimum Gasteiger partial charge on any atom is -0.377 e. The van der Waals surface area contributed by atoms with Crippen molar-refractivity contribution in [3.63, 3.8) is 0 Å². The Morgan fingerprint density at radius 3 is 2.90 bits per heavy atom. The first kappa shape index (κ1) is 16.3. The molecule has 1 N–H and O–H groups in total. The van der Waals surface area contributed by atoms with Gasteiger partial charge in [0.1, 0.15) is 23.6 Å². The van der Waals surface area contributed by atoms with Gasteiger partial charge < -0.3 is 15.0 Å². The molecule has 1 atom stereocenters. The highest BCUT2D eigenvalue weighted by Gasteiger charge is 2.32. The van der Waals surface area contributed by atoms with Crippen LogP contribution in [0.1, 0.15) is 5.82 Å². The molecule has 21 heavy (non-hydrogen) atoms. The lowest BCUT2D eigenvalue weighted by molar-refractivity contribution is 0.178. The van der Waals surface area contributed by atoms with Gasteiger partial charge in [-0.05, 0) is 0 Å². The molecule has 1 aromatic rings. The molecular weight excluding hydrogens is 312 g/mol. The van der Waals surface area contributed by atoms with E-state index in [4.69, 9.17) is 4.74 Å². The normalized spacial score (nSPS) is 19.6. The van der Waals surface area contributed by atoms with E-state index in [2.05, 4.69) is 15.3 Å². The van der Waals surface area contributed by atoms with Crippen molar-refractivity contribution >= 4 is 33.2 Å². The second-order valence-electron chi connectivity index (χ2n) is 4.76. The number of methoxy groups -OCH3 is 1. The molecule has 1 fully saturated rings. The third kappa shape index (κ3) is 3.98. The van der Waals surface area contributed by atoms with Gasteiger partial charge >= 0.3 is 0 Å². The monoisotopic (exact) mass is 332 g/mol. The van der Waals surface area contributed by atoms with E-state index < -0.39 is 15.2 Å². The molecule has 0 bridgehead atoms. The van der Waals surface area contributed by atoms with Crippen LogP contribution in [-0.4, -0.2) is 62.2 Å². The summed E-state index contributed by atoms with van der Waals surface area (Å²) in [4.78, 5) is 10.6. The molecule has 7 nitrogen and oxygen atoms in total. The van der Waals surface area contributed by atoms with Crippen LogP contribution in [0.3, 0.4) is 0 Å². The first-order valence-electron chi connectivity index (χ1n) is 6.53. The predicted molar refractivity (Wildman–Crippen MR) is 85.6 cm³/mol. The Balaban J connectivity index is 2.40. The predicted octanol–water partition coefficient (Wildman–Crippen LogP) is 0.589. The number of nitrogens with zero attached hydrogens (tertiary/aromatic N) is 3. The molecule has 0 aromatic carbocycles. The molecule has 118 valence electrons. The third-order valence-electron chi connectivity index (χ3n) is 3.16. The topological polar surface area (TPSA) is 84.4 Å². The van der Waals surface area contributed by atoms with Gasteiger partial charge in [0.05, 0.1) is 0 Å². The van der Waals surface area contributed by atoms with Crippen molar-refractivity contribution in [1.29, 1.82) is 0 Å². The van der Waals surface area contributed by atoms with Crippen LogP contribution in [0.2, 0.25) is 0 Å². The summed E-state index contributed by atoms with van der Waals surface area (Å²) in [5.74, 6) is 3.24. The van der Waals surface area contributed by atoms with Crippen molar-refractivity contribution < 1.29 is 13.2 Å². The first-order chi connectivity index (χ1) is 9.95. The van der Waals surface area contributed by atoms with E-state index in [0.717, 1.165) is 5.75 Å². The second kappa shape index (κ2) is 6.80. The Morgan fingerprint density at radius 1 is 1.52 bits per heavy atom. The quantitative estimate of drug-likeness (QED) is 0.839. The minimum absolute atomic E-state index is 0.286. The van der Waals surface area contributed by atoms with Gasteiger partial charge in [0.25, 0.3) is 0 Å². The van der Waals surface area contributed by atoms with Crippen LogP contribution in [0.4, 0.5) is 11.6 Å². The number of nitrogens with one attached hydrogen (secondary N) is 1. The maximum absolute atomic E-state index is 12.0. The lowest BCUT2D eigenvalue weighted by atomic mass is 10.4. The Labute approximate surface area is 129 Å². The van der Waals surface area contributed by atoms with Gasteiger partial charge in [0.15, 0.2) is 15.7 Å². The molecule has 2 rings (SSSR count). The molecule has 1 unspecified atom stereocenters. The Hall–Kier alpha value is -1.06. The smallest absolute Gasteiger partial charge is 0.169 e. The van der Waals surface area contributed by atoms with Crippen LogP contribution < -0.4 is 10.2 Å². The van der Waals surface area contributed by atoms with Crippen LogP contribution in [0.25, 0.3) is 0 Å². The van der Waals surface area contributed by atoms with E-state index in [1.165, 1.54) is 6.26 Å². The summed E-state index contributed by atoms with van der Waals surface area (Å²) in [6, 6.07) is 1.77. The number of anilines is 2. The molecule has 0 saturated carbocycles. The number of aromatic nitrogens is 2. The van der Waals surface area contributed by atoms with Crippen molar-refractivity contribution in [2.75, 3.05) is 48.7 Å². The van der Waals surface area contributed by atoms with Gasteiger partial charge in [-0.2, -0.15) is 11.8 Å². The van der Waals surface area contributed by atoms with Crippen LogP contribution in [0.5, 0.6) is 0 Å². The van der Waals surface area contributed by atoms with Crippen molar-refractivity contribution in [1.82, 2.24) is 9.97 Å². The maximum Gasteiger partial charge on any atom is 0.169 e. The van der Waals surface area contributed by atoms with E-state index in [0.29, 0.717) is 29.8 Å². The number of hydrogen-bond acceptors (Lipinski definition) is 8. The van der Waals surface area contributed by atoms with E-state index in [1.807, 2.05) is 4.90 Å². The molecule has 2 heterocycles. The molecule has 1 saturated heterocycles. The van der Waals surface area contributed by atoms with Crippen LogP contribution in [0, 0.1) is 0 Å². The van der Waals surface area contributed by atoms with E-state index in [-0.39, 0.29) is 6.61 Å². The summed E-state index contributed by atoms with van der Waals surface area (Å²) in [5.41, 5.74) is 0. The molecule has 1 aromatic heterocycles. The molecule has 0 spiro atoms. The fourth-order valence-electron chi connectivity index (χ4n) is 2.15. The van der Waals surface area contributed by atoms with Crippen molar-refractivity contribution in [3.05, 3.63) is 11.9 Å². The van der Waals surface area contributed by atoms with Gasteiger partial charge in [0, 0.05) is 44.5 Å². The molecule has 0 amide bonds. The molecule has 1 aliphatic rings. The molecule has 0 radical (unpaired) electrons. The highest BCUT2D eigenvalue weighted by Crippen LogP contribution is 2.26. The summed E-state index contributed by atoms with van der Waals surface area (Å²) in [5, 5.41) is 2.42. The lowest BCUT2D eigenvalue weighted by Gasteiger charge is -2.35.